The van der Waals surface area contributed by atoms with Crippen molar-refractivity contribution in [1.82, 2.24) is 5.32 Å². The highest BCUT2D eigenvalue weighted by Gasteiger charge is 2.31. The van der Waals surface area contributed by atoms with Crippen LogP contribution in [-0.4, -0.2) is 30.3 Å². The highest BCUT2D eigenvalue weighted by Crippen LogP contribution is 2.23. The van der Waals surface area contributed by atoms with E-state index < -0.39 is 6.04 Å². The predicted octanol–water partition coefficient (Wildman–Crippen LogP) is 1.40. The first kappa shape index (κ1) is 13.1. The van der Waals surface area contributed by atoms with Crippen LogP contribution in [0.15, 0.2) is 30.3 Å². The lowest BCUT2D eigenvalue weighted by Gasteiger charge is -2.23. The van der Waals surface area contributed by atoms with Crippen LogP contribution in [0.1, 0.15) is 30.9 Å². The van der Waals surface area contributed by atoms with E-state index in [1.54, 1.807) is 0 Å². The minimum Gasteiger partial charge on any atom is -0.468 e. The number of carbonyl (C=O) groups is 1. The second-order valence-electron chi connectivity index (χ2n) is 4.64. The average molecular weight is 249 g/mol. The van der Waals surface area contributed by atoms with Gasteiger partial charge in [0.05, 0.1) is 13.2 Å². The Hall–Kier alpha value is -1.39. The molecule has 2 N–H and O–H groups in total. The lowest BCUT2D eigenvalue weighted by atomic mass is 10.0. The molecule has 2 rings (SSSR count). The number of rotatable bonds is 4. The van der Waals surface area contributed by atoms with Crippen molar-refractivity contribution in [3.63, 3.8) is 0 Å². The van der Waals surface area contributed by atoms with Crippen LogP contribution < -0.4 is 5.32 Å². The topological polar surface area (TPSA) is 58.6 Å². The molecule has 4 heteroatoms. The van der Waals surface area contributed by atoms with Crippen molar-refractivity contribution >= 4 is 5.97 Å². The third-order valence-corrected chi connectivity index (χ3v) is 3.43. The highest BCUT2D eigenvalue weighted by molar-refractivity contribution is 5.77. The van der Waals surface area contributed by atoms with Gasteiger partial charge in [-0.3, -0.25) is 5.32 Å². The summed E-state index contributed by atoms with van der Waals surface area (Å²) >= 11 is 0. The van der Waals surface area contributed by atoms with E-state index in [1.165, 1.54) is 7.11 Å². The molecule has 1 aliphatic carbocycles. The van der Waals surface area contributed by atoms with Crippen molar-refractivity contribution in [2.24, 2.45) is 0 Å². The first-order chi connectivity index (χ1) is 8.72. The van der Waals surface area contributed by atoms with Crippen LogP contribution in [0.2, 0.25) is 0 Å². The summed E-state index contributed by atoms with van der Waals surface area (Å²) in [7, 11) is 1.38. The maximum Gasteiger partial charge on any atom is 0.327 e. The van der Waals surface area contributed by atoms with Gasteiger partial charge in [-0.15, -0.1) is 0 Å². The summed E-state index contributed by atoms with van der Waals surface area (Å²) in [6.45, 7) is 0. The van der Waals surface area contributed by atoms with Crippen LogP contribution in [0.25, 0.3) is 0 Å². The van der Waals surface area contributed by atoms with Crippen molar-refractivity contribution in [3.05, 3.63) is 35.9 Å². The standard InChI is InChI=1S/C14H19NO3/c1-18-14(17)13(10-6-3-2-4-7-10)15-11-8-5-9-12(11)16/h2-4,6-7,11-13,15-16H,5,8-9H2,1H3/t11-,12-,13?/m1/s1. The van der Waals surface area contributed by atoms with Gasteiger partial charge in [0.25, 0.3) is 0 Å². The van der Waals surface area contributed by atoms with Gasteiger partial charge in [0.2, 0.25) is 0 Å². The quantitative estimate of drug-likeness (QED) is 0.792. The second-order valence-corrected chi connectivity index (χ2v) is 4.64. The summed E-state index contributed by atoms with van der Waals surface area (Å²) in [5.74, 6) is -0.319. The monoisotopic (exact) mass is 249 g/mol. The largest absolute Gasteiger partial charge is 0.468 e. The molecule has 1 aromatic carbocycles. The number of esters is 1. The molecule has 1 saturated carbocycles. The van der Waals surface area contributed by atoms with Gasteiger partial charge >= 0.3 is 5.97 Å². The number of hydrogen-bond acceptors (Lipinski definition) is 4. The molecule has 0 aromatic heterocycles. The molecule has 0 bridgehead atoms. The number of benzene rings is 1. The van der Waals surface area contributed by atoms with Crippen molar-refractivity contribution in [2.75, 3.05) is 7.11 Å². The number of methoxy groups -OCH3 is 1. The van der Waals surface area contributed by atoms with E-state index >= 15 is 0 Å². The summed E-state index contributed by atoms with van der Waals surface area (Å²) in [5.41, 5.74) is 0.864. The van der Waals surface area contributed by atoms with Gasteiger partial charge in [0, 0.05) is 6.04 Å². The van der Waals surface area contributed by atoms with Gasteiger partial charge in [-0.2, -0.15) is 0 Å². The van der Waals surface area contributed by atoms with Crippen LogP contribution in [0.3, 0.4) is 0 Å². The molecule has 1 aliphatic rings. The molecule has 0 amide bonds. The first-order valence-electron chi connectivity index (χ1n) is 6.29. The Labute approximate surface area is 107 Å². The van der Waals surface area contributed by atoms with E-state index in [2.05, 4.69) is 5.32 Å². The fraction of sp³-hybridized carbons (Fsp3) is 0.500. The van der Waals surface area contributed by atoms with E-state index in [0.29, 0.717) is 0 Å². The van der Waals surface area contributed by atoms with E-state index in [-0.39, 0.29) is 18.1 Å². The third kappa shape index (κ3) is 2.89. The highest BCUT2D eigenvalue weighted by atomic mass is 16.5. The Morgan fingerprint density at radius 3 is 2.67 bits per heavy atom. The fourth-order valence-corrected chi connectivity index (χ4v) is 2.41. The number of nitrogens with one attached hydrogen (secondary N) is 1. The lowest BCUT2D eigenvalue weighted by molar-refractivity contribution is -0.143. The van der Waals surface area contributed by atoms with Gasteiger partial charge in [0.15, 0.2) is 0 Å². The first-order valence-corrected chi connectivity index (χ1v) is 6.29. The minimum atomic E-state index is -0.506. The van der Waals surface area contributed by atoms with Crippen LogP contribution in [0.4, 0.5) is 0 Å². The summed E-state index contributed by atoms with van der Waals surface area (Å²) in [6.07, 6.45) is 2.30. The Kier molecular flexibility index (Phi) is 4.33. The second kappa shape index (κ2) is 5.98. The van der Waals surface area contributed by atoms with Gasteiger partial charge in [-0.25, -0.2) is 4.79 Å². The van der Waals surface area contributed by atoms with E-state index in [9.17, 15) is 9.90 Å². The molecule has 1 fully saturated rings. The minimum absolute atomic E-state index is 0.0330. The van der Waals surface area contributed by atoms with Crippen molar-refractivity contribution in [1.29, 1.82) is 0 Å². The SMILES string of the molecule is COC(=O)C(N[C@@H]1CCC[C@H]1O)c1ccccc1. The molecule has 0 saturated heterocycles. The fourth-order valence-electron chi connectivity index (χ4n) is 2.41. The molecule has 0 heterocycles. The van der Waals surface area contributed by atoms with E-state index in [1.807, 2.05) is 30.3 Å². The summed E-state index contributed by atoms with van der Waals surface area (Å²) in [4.78, 5) is 11.8. The van der Waals surface area contributed by atoms with Gasteiger partial charge in [-0.05, 0) is 24.8 Å². The third-order valence-electron chi connectivity index (χ3n) is 3.43. The molecule has 1 aromatic rings. The molecular weight excluding hydrogens is 230 g/mol. The summed E-state index contributed by atoms with van der Waals surface area (Å²) in [6, 6.07) is 8.91. The maximum atomic E-state index is 11.8. The Balaban J connectivity index is 2.13. The lowest BCUT2D eigenvalue weighted by Crippen LogP contribution is -2.41. The van der Waals surface area contributed by atoms with Crippen molar-refractivity contribution < 1.29 is 14.6 Å². The predicted molar refractivity (Wildman–Crippen MR) is 68.0 cm³/mol. The maximum absolute atomic E-state index is 11.8. The zero-order valence-corrected chi connectivity index (χ0v) is 10.5. The van der Waals surface area contributed by atoms with Crippen LogP contribution >= 0.6 is 0 Å². The Morgan fingerprint density at radius 2 is 2.11 bits per heavy atom. The van der Waals surface area contributed by atoms with Gasteiger partial charge < -0.3 is 9.84 Å². The zero-order valence-electron chi connectivity index (χ0n) is 10.5. The average Bonchev–Trinajstić information content (AvgIpc) is 2.81. The smallest absolute Gasteiger partial charge is 0.327 e. The molecule has 3 atom stereocenters. The molecule has 18 heavy (non-hydrogen) atoms. The van der Waals surface area contributed by atoms with Crippen molar-refractivity contribution in [2.45, 2.75) is 37.5 Å². The molecule has 0 spiro atoms. The number of hydrogen-bond donors (Lipinski definition) is 2. The molecule has 4 nitrogen and oxygen atoms in total. The zero-order chi connectivity index (χ0) is 13.0. The number of ether oxygens (including phenoxy) is 1. The summed E-state index contributed by atoms with van der Waals surface area (Å²) < 4.78 is 4.83. The number of carbonyl (C=O) groups excluding carboxylic acids is 1. The molecule has 0 aliphatic heterocycles. The molecule has 0 radical (unpaired) electrons. The number of aliphatic hydroxyl groups is 1. The summed E-state index contributed by atoms with van der Waals surface area (Å²) in [5, 5.41) is 13.0. The normalized spacial score (nSPS) is 24.8. The Bertz CT molecular complexity index is 393. The van der Waals surface area contributed by atoms with Crippen LogP contribution in [-0.2, 0) is 9.53 Å². The van der Waals surface area contributed by atoms with E-state index in [0.717, 1.165) is 24.8 Å². The molecular formula is C14H19NO3. The van der Waals surface area contributed by atoms with Gasteiger partial charge in [0.1, 0.15) is 6.04 Å². The van der Waals surface area contributed by atoms with Crippen LogP contribution in [0.5, 0.6) is 0 Å². The van der Waals surface area contributed by atoms with E-state index in [4.69, 9.17) is 4.74 Å². The molecule has 98 valence electrons. The van der Waals surface area contributed by atoms with Crippen molar-refractivity contribution in [3.8, 4) is 0 Å². The Morgan fingerprint density at radius 1 is 1.39 bits per heavy atom. The van der Waals surface area contributed by atoms with Crippen LogP contribution in [0, 0.1) is 0 Å². The molecule has 1 unspecified atom stereocenters. The number of aliphatic hydroxyl groups excluding tert-OH is 1. The van der Waals surface area contributed by atoms with Gasteiger partial charge in [-0.1, -0.05) is 30.3 Å².